The lowest BCUT2D eigenvalue weighted by atomic mass is 9.75. The van der Waals surface area contributed by atoms with E-state index < -0.39 is 17.4 Å². The number of carboxylic acid groups (broad SMARTS) is 1. The van der Waals surface area contributed by atoms with Crippen LogP contribution in [0, 0.1) is 13.8 Å². The van der Waals surface area contributed by atoms with E-state index in [1.165, 1.54) is 11.8 Å². The average molecular weight is 469 g/mol. The van der Waals surface area contributed by atoms with Crippen LogP contribution in [0.15, 0.2) is 79.0 Å². The Bertz CT molecular complexity index is 1370. The molecule has 0 aliphatic carbocycles. The number of carboxylic acids is 1. The third kappa shape index (κ3) is 4.85. The summed E-state index contributed by atoms with van der Waals surface area (Å²) in [6.07, 6.45) is 2.38. The number of para-hydroxylation sites is 1. The Morgan fingerprint density at radius 3 is 2.20 bits per heavy atom. The van der Waals surface area contributed by atoms with Crippen LogP contribution in [-0.4, -0.2) is 32.4 Å². The third-order valence-corrected chi connectivity index (χ3v) is 6.99. The van der Waals surface area contributed by atoms with Crippen molar-refractivity contribution < 1.29 is 14.7 Å². The summed E-state index contributed by atoms with van der Waals surface area (Å²) in [4.78, 5) is 31.1. The fraction of sp³-hybridized carbons (Fsp3) is 0.267. The van der Waals surface area contributed by atoms with E-state index in [0.29, 0.717) is 6.42 Å². The molecule has 1 aromatic heterocycles. The summed E-state index contributed by atoms with van der Waals surface area (Å²) in [5.41, 5.74) is 4.45. The fourth-order valence-electron chi connectivity index (χ4n) is 5.12. The zero-order chi connectivity index (χ0) is 25.2. The molecule has 35 heavy (non-hydrogen) atoms. The standard InChI is InChI=1S/C30H32N2O3/c1-20-9-7-11-23(15-20)17-27(26-18-31-28-14-6-5-13-25(26)28)30(4,29(34)35)32(22(3)33)19-24-12-8-10-21(2)16-24/h5-16,18,27,31H,17,19H2,1-4H3,(H,34,35)/t27?,30-/m1/s1. The van der Waals surface area contributed by atoms with E-state index >= 15 is 0 Å². The van der Waals surface area contributed by atoms with Gasteiger partial charge in [-0.25, -0.2) is 4.79 Å². The van der Waals surface area contributed by atoms with E-state index in [9.17, 15) is 14.7 Å². The SMILES string of the molecule is CC(=O)N(Cc1cccc(C)c1)[C@@](C)(C(=O)O)C(Cc1cccc(C)c1)c1c[nH]c2ccccc12. The molecule has 0 radical (unpaired) electrons. The summed E-state index contributed by atoms with van der Waals surface area (Å²) in [5, 5.41) is 11.7. The van der Waals surface area contributed by atoms with Crippen molar-refractivity contribution in [1.29, 1.82) is 0 Å². The number of hydrogen-bond donors (Lipinski definition) is 2. The minimum atomic E-state index is -1.50. The second-order valence-corrected chi connectivity index (χ2v) is 9.58. The van der Waals surface area contributed by atoms with Gasteiger partial charge in [-0.3, -0.25) is 4.79 Å². The molecule has 3 aromatic carbocycles. The zero-order valence-corrected chi connectivity index (χ0v) is 20.7. The van der Waals surface area contributed by atoms with Crippen molar-refractivity contribution in [2.45, 2.75) is 52.1 Å². The largest absolute Gasteiger partial charge is 0.479 e. The number of hydrogen-bond acceptors (Lipinski definition) is 2. The lowest BCUT2D eigenvalue weighted by Gasteiger charge is -2.43. The molecule has 0 aliphatic rings. The van der Waals surface area contributed by atoms with Gasteiger partial charge in [0.25, 0.3) is 0 Å². The number of fused-ring (bicyclic) bond motifs is 1. The maximum absolute atomic E-state index is 13.2. The predicted octanol–water partition coefficient (Wildman–Crippen LogP) is 6.00. The first-order valence-electron chi connectivity index (χ1n) is 11.9. The van der Waals surface area contributed by atoms with Gasteiger partial charge in [0.1, 0.15) is 5.54 Å². The van der Waals surface area contributed by atoms with E-state index in [-0.39, 0.29) is 12.5 Å². The molecule has 1 unspecified atom stereocenters. The van der Waals surface area contributed by atoms with Crippen molar-refractivity contribution in [1.82, 2.24) is 9.88 Å². The molecule has 0 saturated carbocycles. The molecule has 0 spiro atoms. The van der Waals surface area contributed by atoms with Crippen molar-refractivity contribution >= 4 is 22.8 Å². The number of aromatic amines is 1. The monoisotopic (exact) mass is 468 g/mol. The van der Waals surface area contributed by atoms with Crippen LogP contribution in [0.5, 0.6) is 0 Å². The highest BCUT2D eigenvalue weighted by Crippen LogP contribution is 2.41. The Kier molecular flexibility index (Phi) is 6.79. The highest BCUT2D eigenvalue weighted by atomic mass is 16.4. The Hall–Kier alpha value is -3.86. The van der Waals surface area contributed by atoms with Crippen molar-refractivity contribution in [3.8, 4) is 0 Å². The molecule has 5 heteroatoms. The number of aromatic nitrogens is 1. The van der Waals surface area contributed by atoms with Crippen LogP contribution in [-0.2, 0) is 22.6 Å². The number of carbonyl (C=O) groups excluding carboxylic acids is 1. The fourth-order valence-corrected chi connectivity index (χ4v) is 5.12. The van der Waals surface area contributed by atoms with Gasteiger partial charge in [0.2, 0.25) is 5.91 Å². The van der Waals surface area contributed by atoms with Gasteiger partial charge in [-0.2, -0.15) is 0 Å². The minimum Gasteiger partial charge on any atom is -0.479 e. The Morgan fingerprint density at radius 2 is 1.57 bits per heavy atom. The summed E-state index contributed by atoms with van der Waals surface area (Å²) in [6, 6.07) is 23.9. The molecule has 0 saturated heterocycles. The Morgan fingerprint density at radius 1 is 0.943 bits per heavy atom. The van der Waals surface area contributed by atoms with Crippen molar-refractivity contribution in [3.63, 3.8) is 0 Å². The lowest BCUT2D eigenvalue weighted by Crippen LogP contribution is -2.58. The topological polar surface area (TPSA) is 73.4 Å². The number of H-pyrrole nitrogens is 1. The third-order valence-electron chi connectivity index (χ3n) is 6.99. The molecule has 1 heterocycles. The normalized spacial score (nSPS) is 13.8. The van der Waals surface area contributed by atoms with Gasteiger partial charge >= 0.3 is 5.97 Å². The second-order valence-electron chi connectivity index (χ2n) is 9.58. The molecular formula is C30H32N2O3. The minimum absolute atomic E-state index is 0.215. The number of carbonyl (C=O) groups is 2. The first-order valence-corrected chi connectivity index (χ1v) is 11.9. The highest BCUT2D eigenvalue weighted by Gasteiger charge is 2.49. The molecule has 4 aromatic rings. The summed E-state index contributed by atoms with van der Waals surface area (Å²) in [6.45, 7) is 7.38. The second kappa shape index (κ2) is 9.79. The van der Waals surface area contributed by atoms with E-state index in [2.05, 4.69) is 11.1 Å². The van der Waals surface area contributed by atoms with Crippen molar-refractivity contribution in [2.24, 2.45) is 0 Å². The van der Waals surface area contributed by atoms with Gasteiger partial charge in [0.15, 0.2) is 0 Å². The maximum Gasteiger partial charge on any atom is 0.330 e. The van der Waals surface area contributed by atoms with Crippen LogP contribution in [0.25, 0.3) is 10.9 Å². The molecule has 4 rings (SSSR count). The van der Waals surface area contributed by atoms with E-state index in [1.807, 2.05) is 86.8 Å². The predicted molar refractivity (Wildman–Crippen MR) is 139 cm³/mol. The van der Waals surface area contributed by atoms with E-state index in [1.54, 1.807) is 6.92 Å². The number of aliphatic carboxylic acids is 1. The summed E-state index contributed by atoms with van der Waals surface area (Å²) in [5.74, 6) is -1.79. The smallest absolute Gasteiger partial charge is 0.330 e. The number of amides is 1. The van der Waals surface area contributed by atoms with Crippen LogP contribution >= 0.6 is 0 Å². The zero-order valence-electron chi connectivity index (χ0n) is 20.7. The highest BCUT2D eigenvalue weighted by molar-refractivity contribution is 5.90. The van der Waals surface area contributed by atoms with Gasteiger partial charge < -0.3 is 15.0 Å². The summed E-state index contributed by atoms with van der Waals surface area (Å²) < 4.78 is 0. The summed E-state index contributed by atoms with van der Waals surface area (Å²) >= 11 is 0. The van der Waals surface area contributed by atoms with Gasteiger partial charge in [-0.1, -0.05) is 77.9 Å². The number of benzene rings is 3. The molecule has 180 valence electrons. The van der Waals surface area contributed by atoms with Gasteiger partial charge in [-0.05, 0) is 49.9 Å². The molecule has 5 nitrogen and oxygen atoms in total. The number of nitrogens with zero attached hydrogens (tertiary/aromatic N) is 1. The van der Waals surface area contributed by atoms with Crippen molar-refractivity contribution in [2.75, 3.05) is 0 Å². The Balaban J connectivity index is 1.89. The molecule has 1 amide bonds. The van der Waals surface area contributed by atoms with E-state index in [0.717, 1.165) is 38.7 Å². The molecule has 2 N–H and O–H groups in total. The molecule has 0 fully saturated rings. The van der Waals surface area contributed by atoms with E-state index in [4.69, 9.17) is 0 Å². The molecular weight excluding hydrogens is 436 g/mol. The van der Waals surface area contributed by atoms with Crippen LogP contribution in [0.1, 0.15) is 47.6 Å². The first-order chi connectivity index (χ1) is 16.7. The summed E-state index contributed by atoms with van der Waals surface area (Å²) in [7, 11) is 0. The lowest BCUT2D eigenvalue weighted by molar-refractivity contribution is -0.160. The molecule has 0 bridgehead atoms. The maximum atomic E-state index is 13.2. The number of rotatable bonds is 8. The van der Waals surface area contributed by atoms with Crippen LogP contribution in [0.4, 0.5) is 0 Å². The Labute approximate surface area is 206 Å². The first kappa shape index (κ1) is 24.3. The van der Waals surface area contributed by atoms with Gasteiger partial charge in [0, 0.05) is 36.5 Å². The quantitative estimate of drug-likeness (QED) is 0.333. The van der Waals surface area contributed by atoms with Crippen LogP contribution in [0.3, 0.4) is 0 Å². The number of nitrogens with one attached hydrogen (secondary N) is 1. The number of aryl methyl sites for hydroxylation is 2. The van der Waals surface area contributed by atoms with Crippen LogP contribution in [0.2, 0.25) is 0 Å². The molecule has 2 atom stereocenters. The van der Waals surface area contributed by atoms with Gasteiger partial charge in [0.05, 0.1) is 0 Å². The van der Waals surface area contributed by atoms with Crippen molar-refractivity contribution in [3.05, 3.63) is 107 Å². The average Bonchev–Trinajstić information content (AvgIpc) is 3.24. The van der Waals surface area contributed by atoms with Gasteiger partial charge in [-0.15, -0.1) is 0 Å². The molecule has 0 aliphatic heterocycles. The van der Waals surface area contributed by atoms with Crippen LogP contribution < -0.4 is 0 Å².